The van der Waals surface area contributed by atoms with Gasteiger partial charge in [-0.2, -0.15) is 10.4 Å². The number of pyridine rings is 1. The van der Waals surface area contributed by atoms with Gasteiger partial charge in [0.05, 0.1) is 52.1 Å². The number of fused-ring (bicyclic) bond motifs is 4. The van der Waals surface area contributed by atoms with E-state index in [1.807, 2.05) is 12.1 Å². The molecule has 1 aliphatic heterocycles. The topological polar surface area (TPSA) is 119 Å². The van der Waals surface area contributed by atoms with Gasteiger partial charge < -0.3 is 15.7 Å². The summed E-state index contributed by atoms with van der Waals surface area (Å²) in [6.07, 6.45) is 6.24. The lowest BCUT2D eigenvalue weighted by atomic mass is 9.60. The monoisotopic (exact) mass is 609 g/mol. The molecule has 3 aromatic rings. The fourth-order valence-electron chi connectivity index (χ4n) is 7.08. The number of nitrogens with one attached hydrogen (secondary N) is 2. The SMILES string of the molecule is CC(C)(O)[C@H](F)CNC(=O)c1cnc(-c2ccc3cc(C#N)cnn23)cc1NC12CCC(N3CCC(F)(F)CC3)(CC1)CC2. The summed E-state index contributed by atoms with van der Waals surface area (Å²) in [5.74, 6) is -3.09. The van der Waals surface area contributed by atoms with Gasteiger partial charge in [0.1, 0.15) is 12.2 Å². The van der Waals surface area contributed by atoms with E-state index in [0.29, 0.717) is 35.7 Å². The van der Waals surface area contributed by atoms with Gasteiger partial charge in [-0.25, -0.2) is 17.7 Å². The lowest BCUT2D eigenvalue weighted by molar-refractivity contribution is -0.101. The zero-order chi connectivity index (χ0) is 31.3. The number of alkyl halides is 3. The first-order valence-electron chi connectivity index (χ1n) is 15.3. The molecular weight excluding hydrogens is 571 g/mol. The van der Waals surface area contributed by atoms with Crippen molar-refractivity contribution in [3.8, 4) is 17.5 Å². The number of nitrogens with zero attached hydrogens (tertiary/aromatic N) is 5. The molecule has 2 bridgehead atoms. The largest absolute Gasteiger partial charge is 0.387 e. The van der Waals surface area contributed by atoms with Crippen LogP contribution in [0.2, 0.25) is 0 Å². The summed E-state index contributed by atoms with van der Waals surface area (Å²) in [4.78, 5) is 20.2. The van der Waals surface area contributed by atoms with Crippen LogP contribution in [0.4, 0.5) is 18.9 Å². The third kappa shape index (κ3) is 5.75. The number of piperidine rings is 1. The van der Waals surface area contributed by atoms with Crippen LogP contribution < -0.4 is 10.6 Å². The van der Waals surface area contributed by atoms with Gasteiger partial charge in [0.2, 0.25) is 0 Å². The number of carbonyl (C=O) groups is 1. The zero-order valence-electron chi connectivity index (χ0n) is 25.0. The van der Waals surface area contributed by atoms with Crippen molar-refractivity contribution < 1.29 is 23.1 Å². The number of nitriles is 1. The van der Waals surface area contributed by atoms with Crippen molar-refractivity contribution in [3.63, 3.8) is 0 Å². The fraction of sp³-hybridized carbons (Fsp3) is 0.562. The van der Waals surface area contributed by atoms with Gasteiger partial charge in [-0.1, -0.05) is 0 Å². The number of aromatic nitrogens is 3. The Morgan fingerprint density at radius 1 is 1.09 bits per heavy atom. The maximum absolute atomic E-state index is 14.5. The van der Waals surface area contributed by atoms with E-state index in [1.165, 1.54) is 26.2 Å². The van der Waals surface area contributed by atoms with Crippen LogP contribution in [0.25, 0.3) is 16.9 Å². The maximum atomic E-state index is 14.5. The number of anilines is 1. The highest BCUT2D eigenvalue weighted by atomic mass is 19.3. The van der Waals surface area contributed by atoms with Crippen LogP contribution in [0.5, 0.6) is 0 Å². The van der Waals surface area contributed by atoms with Gasteiger partial charge in [0.15, 0.2) is 0 Å². The highest BCUT2D eigenvalue weighted by Gasteiger charge is 2.53. The summed E-state index contributed by atoms with van der Waals surface area (Å²) < 4.78 is 43.9. The Labute approximate surface area is 254 Å². The van der Waals surface area contributed by atoms with Crippen LogP contribution in [0.3, 0.4) is 0 Å². The van der Waals surface area contributed by atoms with Crippen LogP contribution in [0.15, 0.2) is 36.7 Å². The molecule has 7 rings (SSSR count). The van der Waals surface area contributed by atoms with E-state index in [2.05, 4.69) is 31.7 Å². The number of hydrogen-bond acceptors (Lipinski definition) is 7. The molecule has 3 aromatic heterocycles. The highest BCUT2D eigenvalue weighted by Crippen LogP contribution is 2.52. The van der Waals surface area contributed by atoms with E-state index in [1.54, 1.807) is 16.6 Å². The average molecular weight is 610 g/mol. The number of halogens is 3. The van der Waals surface area contributed by atoms with Crippen LogP contribution in [0, 0.1) is 11.3 Å². The third-order valence-corrected chi connectivity index (χ3v) is 10.0. The third-order valence-electron chi connectivity index (χ3n) is 10.0. The molecule has 3 saturated carbocycles. The van der Waals surface area contributed by atoms with Gasteiger partial charge in [0, 0.05) is 43.2 Å². The van der Waals surface area contributed by atoms with Crippen LogP contribution in [0.1, 0.15) is 81.1 Å². The van der Waals surface area contributed by atoms with E-state index < -0.39 is 23.6 Å². The van der Waals surface area contributed by atoms with Crippen molar-refractivity contribution in [2.24, 2.45) is 0 Å². The first-order chi connectivity index (χ1) is 20.8. The molecule has 0 aromatic carbocycles. The highest BCUT2D eigenvalue weighted by molar-refractivity contribution is 6.00. The molecule has 9 nitrogen and oxygen atoms in total. The second kappa shape index (κ2) is 11.0. The lowest BCUT2D eigenvalue weighted by Gasteiger charge is -2.59. The van der Waals surface area contributed by atoms with Crippen molar-refractivity contribution in [3.05, 3.63) is 47.8 Å². The Morgan fingerprint density at radius 2 is 1.77 bits per heavy atom. The molecule has 3 N–H and O–H groups in total. The van der Waals surface area contributed by atoms with Gasteiger partial charge in [-0.05, 0) is 76.6 Å². The van der Waals surface area contributed by atoms with E-state index in [4.69, 9.17) is 0 Å². The van der Waals surface area contributed by atoms with Crippen LogP contribution >= 0.6 is 0 Å². The number of carbonyl (C=O) groups excluding carboxylic acids is 1. The quantitative estimate of drug-likeness (QED) is 0.325. The van der Waals surface area contributed by atoms with Gasteiger partial charge >= 0.3 is 0 Å². The molecule has 0 radical (unpaired) electrons. The molecule has 4 heterocycles. The fourth-order valence-corrected chi connectivity index (χ4v) is 7.08. The Hall–Kier alpha value is -3.69. The van der Waals surface area contributed by atoms with E-state index in [9.17, 15) is 28.3 Å². The van der Waals surface area contributed by atoms with Gasteiger partial charge in [-0.15, -0.1) is 0 Å². The van der Waals surface area contributed by atoms with Crippen LogP contribution in [-0.4, -0.2) is 78.9 Å². The van der Waals surface area contributed by atoms with Crippen molar-refractivity contribution >= 4 is 17.1 Å². The van der Waals surface area contributed by atoms with E-state index in [-0.39, 0.29) is 36.0 Å². The normalized spacial score (nSPS) is 25.8. The molecule has 4 fully saturated rings. The second-order valence-corrected chi connectivity index (χ2v) is 13.3. The predicted octanol–water partition coefficient (Wildman–Crippen LogP) is 5.10. The van der Waals surface area contributed by atoms with E-state index >= 15 is 0 Å². The Balaban J connectivity index is 1.27. The summed E-state index contributed by atoms with van der Waals surface area (Å²) >= 11 is 0. The Morgan fingerprint density at radius 3 is 2.41 bits per heavy atom. The summed E-state index contributed by atoms with van der Waals surface area (Å²) in [6.45, 7) is 3.18. The number of amides is 1. The molecule has 44 heavy (non-hydrogen) atoms. The van der Waals surface area contributed by atoms with Gasteiger partial charge in [0.25, 0.3) is 11.8 Å². The zero-order valence-corrected chi connectivity index (χ0v) is 25.0. The molecule has 12 heteroatoms. The Kier molecular flexibility index (Phi) is 7.61. The van der Waals surface area contributed by atoms with Crippen molar-refractivity contribution in [1.82, 2.24) is 24.8 Å². The Bertz CT molecular complexity index is 1570. The molecule has 1 saturated heterocycles. The summed E-state index contributed by atoms with van der Waals surface area (Å²) in [6, 6.07) is 9.31. The molecule has 1 atom stereocenters. The molecule has 3 aliphatic carbocycles. The predicted molar refractivity (Wildman–Crippen MR) is 159 cm³/mol. The minimum atomic E-state index is -2.58. The first-order valence-corrected chi connectivity index (χ1v) is 15.3. The molecule has 0 spiro atoms. The number of aliphatic hydroxyl groups is 1. The van der Waals surface area contributed by atoms with Crippen molar-refractivity contribution in [2.45, 2.75) is 94.0 Å². The standard InChI is InChI=1S/C32H38F3N7O2/c1-29(2,44)27(33)20-38-28(43)23-19-37-25(26-4-3-22-15-21(17-36)18-39-42(22)26)16-24(23)40-30-5-8-31(9-6-30,10-7-30)41-13-11-32(34,35)12-14-41/h3-4,15-16,18-19,27,44H,5-14,20H2,1-2H3,(H,37,40)(H,38,43)/t27-,30?,31?/m1/s1. The molecule has 234 valence electrons. The van der Waals surface area contributed by atoms with Crippen molar-refractivity contribution in [2.75, 3.05) is 25.0 Å². The number of hydrogen-bond donors (Lipinski definition) is 3. The van der Waals surface area contributed by atoms with Gasteiger partial charge in [-0.3, -0.25) is 14.7 Å². The van der Waals surface area contributed by atoms with Crippen molar-refractivity contribution in [1.29, 1.82) is 5.26 Å². The second-order valence-electron chi connectivity index (χ2n) is 13.3. The minimum Gasteiger partial charge on any atom is -0.387 e. The van der Waals surface area contributed by atoms with Crippen LogP contribution in [-0.2, 0) is 0 Å². The number of rotatable bonds is 8. The maximum Gasteiger partial charge on any atom is 0.255 e. The summed E-state index contributed by atoms with van der Waals surface area (Å²) in [5.41, 5.74) is 1.26. The summed E-state index contributed by atoms with van der Waals surface area (Å²) in [5, 5.41) is 29.9. The molecule has 1 amide bonds. The summed E-state index contributed by atoms with van der Waals surface area (Å²) in [7, 11) is 0. The minimum absolute atomic E-state index is 0.0600. The molecular formula is C32H38F3N7O2. The molecule has 0 unspecified atom stereocenters. The lowest BCUT2D eigenvalue weighted by Crippen LogP contribution is -2.62. The smallest absolute Gasteiger partial charge is 0.255 e. The average Bonchev–Trinajstić information content (AvgIpc) is 3.43. The van der Waals surface area contributed by atoms with E-state index in [0.717, 1.165) is 44.0 Å². The first kappa shape index (κ1) is 30.3. The number of likely N-dealkylation sites (tertiary alicyclic amines) is 1. The molecule has 4 aliphatic rings.